The van der Waals surface area contributed by atoms with Crippen molar-refractivity contribution in [1.82, 2.24) is 4.98 Å². The molecule has 1 N–H and O–H groups in total. The molecular formula is C18H17ClN2O2. The second kappa shape index (κ2) is 6.42. The second-order valence-corrected chi connectivity index (χ2v) is 6.26. The minimum atomic E-state index is -0.0217. The van der Waals surface area contributed by atoms with E-state index < -0.39 is 0 Å². The molecule has 0 unspecified atom stereocenters. The lowest BCUT2D eigenvalue weighted by atomic mass is 10.1. The van der Waals surface area contributed by atoms with E-state index in [-0.39, 0.29) is 5.91 Å². The minimum absolute atomic E-state index is 0.0217. The number of nitrogens with zero attached hydrogens (tertiary/aromatic N) is 1. The van der Waals surface area contributed by atoms with Gasteiger partial charge in [-0.1, -0.05) is 37.6 Å². The van der Waals surface area contributed by atoms with Gasteiger partial charge in [0.2, 0.25) is 11.8 Å². The second-order valence-electron chi connectivity index (χ2n) is 5.82. The molecule has 3 aromatic rings. The molecule has 0 spiro atoms. The number of rotatable bonds is 4. The van der Waals surface area contributed by atoms with E-state index in [2.05, 4.69) is 10.3 Å². The van der Waals surface area contributed by atoms with Crippen molar-refractivity contribution >= 4 is 34.3 Å². The summed E-state index contributed by atoms with van der Waals surface area (Å²) < 4.78 is 5.79. The molecular weight excluding hydrogens is 312 g/mol. The zero-order valence-electron chi connectivity index (χ0n) is 13.0. The van der Waals surface area contributed by atoms with Crippen LogP contribution in [0.4, 0.5) is 5.69 Å². The molecule has 0 aliphatic heterocycles. The molecule has 0 saturated heterocycles. The third-order valence-corrected chi connectivity index (χ3v) is 3.61. The molecule has 0 aliphatic rings. The highest BCUT2D eigenvalue weighted by atomic mass is 35.5. The van der Waals surface area contributed by atoms with Gasteiger partial charge in [0.05, 0.1) is 11.3 Å². The fourth-order valence-corrected chi connectivity index (χ4v) is 2.53. The Kier molecular flexibility index (Phi) is 4.35. The highest BCUT2D eigenvalue weighted by Crippen LogP contribution is 2.31. The Balaban J connectivity index is 1.96. The van der Waals surface area contributed by atoms with Gasteiger partial charge in [0, 0.05) is 11.4 Å². The number of nitrogens with one attached hydrogen (secondary N) is 1. The van der Waals surface area contributed by atoms with Crippen molar-refractivity contribution in [2.75, 3.05) is 5.32 Å². The topological polar surface area (TPSA) is 55.1 Å². The van der Waals surface area contributed by atoms with Crippen molar-refractivity contribution in [3.63, 3.8) is 0 Å². The number of fused-ring (bicyclic) bond motifs is 1. The third kappa shape index (κ3) is 3.54. The molecule has 3 rings (SSSR count). The van der Waals surface area contributed by atoms with Crippen LogP contribution < -0.4 is 5.32 Å². The number of aromatic nitrogens is 1. The van der Waals surface area contributed by atoms with Gasteiger partial charge in [-0.25, -0.2) is 4.98 Å². The van der Waals surface area contributed by atoms with E-state index in [0.717, 1.165) is 5.56 Å². The third-order valence-electron chi connectivity index (χ3n) is 3.37. The number of amides is 1. The van der Waals surface area contributed by atoms with Crippen LogP contribution in [0.1, 0.15) is 20.3 Å². The van der Waals surface area contributed by atoms with Crippen LogP contribution in [-0.4, -0.2) is 10.9 Å². The summed E-state index contributed by atoms with van der Waals surface area (Å²) in [5.41, 5.74) is 2.79. The first-order valence-corrected chi connectivity index (χ1v) is 7.86. The molecule has 0 aliphatic carbocycles. The van der Waals surface area contributed by atoms with Gasteiger partial charge in [-0.05, 0) is 36.2 Å². The fraction of sp³-hybridized carbons (Fsp3) is 0.222. The predicted octanol–water partition coefficient (Wildman–Crippen LogP) is 5.13. The standard InChI is InChI=1S/C18H17ClN2O2/c1-11(2)9-17(22)20-14-6-4-3-5-13(14)18-21-15-10-12(19)7-8-16(15)23-18/h3-8,10-11H,9H2,1-2H3,(H,20,22). The van der Waals surface area contributed by atoms with E-state index in [1.54, 1.807) is 18.2 Å². The molecule has 0 atom stereocenters. The van der Waals surface area contributed by atoms with Crippen LogP contribution in [-0.2, 0) is 4.79 Å². The lowest BCUT2D eigenvalue weighted by molar-refractivity contribution is -0.116. The molecule has 2 aromatic carbocycles. The highest BCUT2D eigenvalue weighted by Gasteiger charge is 2.14. The Hall–Kier alpha value is -2.33. The molecule has 0 bridgehead atoms. The number of carbonyl (C=O) groups excluding carboxylic acids is 1. The highest BCUT2D eigenvalue weighted by molar-refractivity contribution is 6.31. The van der Waals surface area contributed by atoms with E-state index in [0.29, 0.717) is 40.0 Å². The smallest absolute Gasteiger partial charge is 0.229 e. The number of oxazole rings is 1. The van der Waals surface area contributed by atoms with Crippen LogP contribution in [0.2, 0.25) is 5.02 Å². The number of benzene rings is 2. The Labute approximate surface area is 139 Å². The van der Waals surface area contributed by atoms with Gasteiger partial charge in [0.1, 0.15) is 5.52 Å². The zero-order chi connectivity index (χ0) is 16.4. The zero-order valence-corrected chi connectivity index (χ0v) is 13.7. The molecule has 118 valence electrons. The van der Waals surface area contributed by atoms with Gasteiger partial charge in [-0.2, -0.15) is 0 Å². The molecule has 0 saturated carbocycles. The molecule has 5 heteroatoms. The Morgan fingerprint density at radius 1 is 1.26 bits per heavy atom. The molecule has 4 nitrogen and oxygen atoms in total. The van der Waals surface area contributed by atoms with Crippen molar-refractivity contribution < 1.29 is 9.21 Å². The molecule has 1 amide bonds. The lowest BCUT2D eigenvalue weighted by Gasteiger charge is -2.10. The quantitative estimate of drug-likeness (QED) is 0.722. The fourth-order valence-electron chi connectivity index (χ4n) is 2.37. The lowest BCUT2D eigenvalue weighted by Crippen LogP contribution is -2.14. The number of hydrogen-bond donors (Lipinski definition) is 1. The van der Waals surface area contributed by atoms with Gasteiger partial charge in [0.15, 0.2) is 5.58 Å². The largest absolute Gasteiger partial charge is 0.436 e. The van der Waals surface area contributed by atoms with Crippen molar-refractivity contribution in [3.8, 4) is 11.5 Å². The maximum Gasteiger partial charge on any atom is 0.229 e. The van der Waals surface area contributed by atoms with Crippen LogP contribution in [0.3, 0.4) is 0 Å². The van der Waals surface area contributed by atoms with Crippen LogP contribution in [0.5, 0.6) is 0 Å². The van der Waals surface area contributed by atoms with Gasteiger partial charge < -0.3 is 9.73 Å². The Bertz CT molecular complexity index is 855. The minimum Gasteiger partial charge on any atom is -0.436 e. The van der Waals surface area contributed by atoms with Gasteiger partial charge in [-0.3, -0.25) is 4.79 Å². The van der Waals surface area contributed by atoms with E-state index in [1.165, 1.54) is 0 Å². The van der Waals surface area contributed by atoms with Crippen molar-refractivity contribution in [1.29, 1.82) is 0 Å². The van der Waals surface area contributed by atoms with E-state index >= 15 is 0 Å². The first-order valence-electron chi connectivity index (χ1n) is 7.48. The van der Waals surface area contributed by atoms with Crippen molar-refractivity contribution in [2.24, 2.45) is 5.92 Å². The van der Waals surface area contributed by atoms with Gasteiger partial charge in [-0.15, -0.1) is 0 Å². The summed E-state index contributed by atoms with van der Waals surface area (Å²) in [7, 11) is 0. The molecule has 0 radical (unpaired) electrons. The Morgan fingerprint density at radius 2 is 2.04 bits per heavy atom. The number of anilines is 1. The normalized spacial score (nSPS) is 11.1. The molecule has 1 aromatic heterocycles. The van der Waals surface area contributed by atoms with Crippen LogP contribution >= 0.6 is 11.6 Å². The van der Waals surface area contributed by atoms with Crippen molar-refractivity contribution in [2.45, 2.75) is 20.3 Å². The monoisotopic (exact) mass is 328 g/mol. The summed E-state index contributed by atoms with van der Waals surface area (Å²) in [5, 5.41) is 3.54. The average molecular weight is 329 g/mol. The summed E-state index contributed by atoms with van der Waals surface area (Å²) in [6.45, 7) is 4.02. The summed E-state index contributed by atoms with van der Waals surface area (Å²) >= 11 is 5.98. The van der Waals surface area contributed by atoms with Gasteiger partial charge in [0.25, 0.3) is 0 Å². The van der Waals surface area contributed by atoms with E-state index in [9.17, 15) is 4.79 Å². The van der Waals surface area contributed by atoms with Crippen LogP contribution in [0, 0.1) is 5.92 Å². The number of para-hydroxylation sites is 1. The number of carbonyl (C=O) groups is 1. The van der Waals surface area contributed by atoms with Crippen LogP contribution in [0.25, 0.3) is 22.6 Å². The first kappa shape index (κ1) is 15.6. The molecule has 23 heavy (non-hydrogen) atoms. The van der Waals surface area contributed by atoms with Crippen LogP contribution in [0.15, 0.2) is 46.9 Å². The summed E-state index contributed by atoms with van der Waals surface area (Å²) in [4.78, 5) is 16.5. The maximum atomic E-state index is 12.0. The van der Waals surface area contributed by atoms with E-state index in [1.807, 2.05) is 38.1 Å². The Morgan fingerprint density at radius 3 is 2.83 bits per heavy atom. The molecule has 1 heterocycles. The number of halogens is 1. The first-order chi connectivity index (χ1) is 11.0. The predicted molar refractivity (Wildman–Crippen MR) is 92.5 cm³/mol. The average Bonchev–Trinajstić information content (AvgIpc) is 2.89. The van der Waals surface area contributed by atoms with E-state index in [4.69, 9.17) is 16.0 Å². The van der Waals surface area contributed by atoms with Crippen molar-refractivity contribution in [3.05, 3.63) is 47.5 Å². The molecule has 0 fully saturated rings. The summed E-state index contributed by atoms with van der Waals surface area (Å²) in [6.07, 6.45) is 0.470. The SMILES string of the molecule is CC(C)CC(=O)Nc1ccccc1-c1nc2cc(Cl)ccc2o1. The maximum absolute atomic E-state index is 12.0. The summed E-state index contributed by atoms with van der Waals surface area (Å²) in [6, 6.07) is 12.8. The summed E-state index contributed by atoms with van der Waals surface area (Å²) in [5.74, 6) is 0.739. The van der Waals surface area contributed by atoms with Gasteiger partial charge >= 0.3 is 0 Å². The number of hydrogen-bond acceptors (Lipinski definition) is 3.